The molecule has 5 rings (SSSR count). The van der Waals surface area contributed by atoms with Gasteiger partial charge in [-0.3, -0.25) is 4.79 Å². The molecule has 3 heterocycles. The van der Waals surface area contributed by atoms with Crippen LogP contribution in [0, 0.1) is 13.8 Å². The number of ether oxygens (including phenoxy) is 1. The summed E-state index contributed by atoms with van der Waals surface area (Å²) in [6.07, 6.45) is 5.70. The summed E-state index contributed by atoms with van der Waals surface area (Å²) in [6.45, 7) is 5.17. The number of nitrogens with one attached hydrogen (secondary N) is 1. The van der Waals surface area contributed by atoms with E-state index in [1.807, 2.05) is 48.5 Å². The van der Waals surface area contributed by atoms with Gasteiger partial charge in [0, 0.05) is 49.4 Å². The average molecular weight is 507 g/mol. The van der Waals surface area contributed by atoms with Crippen molar-refractivity contribution in [3.05, 3.63) is 117 Å². The Bertz CT molecular complexity index is 1660. The fourth-order valence-corrected chi connectivity index (χ4v) is 4.62. The van der Waals surface area contributed by atoms with Crippen LogP contribution in [0.1, 0.15) is 33.4 Å². The van der Waals surface area contributed by atoms with E-state index in [1.54, 1.807) is 30.2 Å². The van der Waals surface area contributed by atoms with Gasteiger partial charge in [0.2, 0.25) is 0 Å². The number of rotatable bonds is 8. The van der Waals surface area contributed by atoms with Gasteiger partial charge >= 0.3 is 0 Å². The molecule has 0 unspecified atom stereocenters. The molecule has 0 atom stereocenters. The maximum atomic E-state index is 12.3. The van der Waals surface area contributed by atoms with Gasteiger partial charge in [0.25, 0.3) is 5.56 Å². The van der Waals surface area contributed by atoms with Crippen LogP contribution in [0.3, 0.4) is 0 Å². The first kappa shape index (κ1) is 25.0. The van der Waals surface area contributed by atoms with Crippen molar-refractivity contribution in [1.82, 2.24) is 19.7 Å². The number of hydrogen-bond acceptors (Lipinski definition) is 7. The van der Waals surface area contributed by atoms with Gasteiger partial charge in [0.1, 0.15) is 18.2 Å². The lowest BCUT2D eigenvalue weighted by Gasteiger charge is -2.15. The number of nitrogen functional groups attached to an aromatic ring is 1. The fourth-order valence-electron chi connectivity index (χ4n) is 4.62. The number of hydrogen-bond donors (Lipinski definition) is 2. The minimum atomic E-state index is 0.0300. The summed E-state index contributed by atoms with van der Waals surface area (Å²) in [7, 11) is 1.77. The van der Waals surface area contributed by atoms with Gasteiger partial charge in [0.15, 0.2) is 5.82 Å². The number of aromatic nitrogens is 4. The lowest BCUT2D eigenvalue weighted by atomic mass is 9.96. The standard InChI is InChI=1S/C30H30N6O2/c1-19-13-26-25(10-11-32-29(26)31)20(2)27(19)17-33-28-15-24(16-34-35-28)38-18-22-8-6-21(7-9-22)14-23-5-4-12-36(3)30(23)37/h4-13,15-16H,14,17-18H2,1-3H3,(H2,31,32)(H,33,35). The molecule has 0 spiro atoms. The molecule has 2 aromatic carbocycles. The molecular formula is C30H30N6O2. The molecule has 8 heteroatoms. The zero-order chi connectivity index (χ0) is 26.6. The Morgan fingerprint density at radius 1 is 1.03 bits per heavy atom. The SMILES string of the molecule is Cc1cc2c(N)nccc2c(C)c1CNc1cc(OCc2ccc(Cc3cccn(C)c3=O)cc2)cnn1. The Morgan fingerprint density at radius 3 is 2.63 bits per heavy atom. The van der Waals surface area contributed by atoms with Gasteiger partial charge in [-0.15, -0.1) is 5.10 Å². The lowest BCUT2D eigenvalue weighted by Crippen LogP contribution is -2.20. The predicted octanol–water partition coefficient (Wildman–Crippen LogP) is 4.70. The number of benzene rings is 2. The van der Waals surface area contributed by atoms with Crippen LogP contribution in [0.2, 0.25) is 0 Å². The highest BCUT2D eigenvalue weighted by atomic mass is 16.5. The Balaban J connectivity index is 1.21. The molecule has 0 aliphatic rings. The van der Waals surface area contributed by atoms with Gasteiger partial charge in [0.05, 0.1) is 6.20 Å². The predicted molar refractivity (Wildman–Crippen MR) is 150 cm³/mol. The number of pyridine rings is 2. The van der Waals surface area contributed by atoms with Crippen LogP contribution in [-0.4, -0.2) is 19.7 Å². The second-order valence-electron chi connectivity index (χ2n) is 9.45. The van der Waals surface area contributed by atoms with Crippen LogP contribution >= 0.6 is 0 Å². The largest absolute Gasteiger partial charge is 0.487 e. The van der Waals surface area contributed by atoms with Crippen molar-refractivity contribution in [2.75, 3.05) is 11.1 Å². The zero-order valence-electron chi connectivity index (χ0n) is 21.7. The van der Waals surface area contributed by atoms with Gasteiger partial charge in [-0.2, -0.15) is 5.10 Å². The average Bonchev–Trinajstić information content (AvgIpc) is 2.92. The van der Waals surface area contributed by atoms with Gasteiger partial charge in [-0.05, 0) is 65.3 Å². The van der Waals surface area contributed by atoms with Crippen LogP contribution < -0.4 is 21.3 Å². The summed E-state index contributed by atoms with van der Waals surface area (Å²) in [5, 5.41) is 13.8. The smallest absolute Gasteiger partial charge is 0.253 e. The molecule has 0 bridgehead atoms. The van der Waals surface area contributed by atoms with Crippen LogP contribution in [-0.2, 0) is 26.6 Å². The highest BCUT2D eigenvalue weighted by Crippen LogP contribution is 2.28. The second kappa shape index (κ2) is 10.7. The fraction of sp³-hybridized carbons (Fsp3) is 0.200. The quantitative estimate of drug-likeness (QED) is 0.314. The summed E-state index contributed by atoms with van der Waals surface area (Å²) in [4.78, 5) is 16.5. The number of fused-ring (bicyclic) bond motifs is 1. The molecule has 5 aromatic rings. The zero-order valence-corrected chi connectivity index (χ0v) is 21.7. The van der Waals surface area contributed by atoms with E-state index in [0.717, 1.165) is 38.6 Å². The van der Waals surface area contributed by atoms with E-state index < -0.39 is 0 Å². The van der Waals surface area contributed by atoms with Gasteiger partial charge in [-0.25, -0.2) is 4.98 Å². The molecule has 3 N–H and O–H groups in total. The highest BCUT2D eigenvalue weighted by molar-refractivity contribution is 5.94. The molecule has 0 saturated heterocycles. The van der Waals surface area contributed by atoms with Crippen molar-refractivity contribution in [2.24, 2.45) is 7.05 Å². The van der Waals surface area contributed by atoms with Crippen molar-refractivity contribution in [3.8, 4) is 5.75 Å². The van der Waals surface area contributed by atoms with Crippen molar-refractivity contribution in [2.45, 2.75) is 33.4 Å². The first-order chi connectivity index (χ1) is 18.4. The Morgan fingerprint density at radius 2 is 1.82 bits per heavy atom. The number of aryl methyl sites for hydroxylation is 3. The molecule has 0 aliphatic carbocycles. The third kappa shape index (κ3) is 5.34. The van der Waals surface area contributed by atoms with E-state index in [-0.39, 0.29) is 5.56 Å². The molecule has 0 aliphatic heterocycles. The van der Waals surface area contributed by atoms with E-state index in [9.17, 15) is 4.79 Å². The molecule has 0 fully saturated rings. The van der Waals surface area contributed by atoms with Crippen LogP contribution in [0.25, 0.3) is 10.8 Å². The monoisotopic (exact) mass is 506 g/mol. The molecule has 0 saturated carbocycles. The third-order valence-corrected chi connectivity index (χ3v) is 6.82. The lowest BCUT2D eigenvalue weighted by molar-refractivity contribution is 0.304. The Labute approximate surface area is 221 Å². The van der Waals surface area contributed by atoms with Crippen molar-refractivity contribution in [1.29, 1.82) is 0 Å². The molecule has 0 radical (unpaired) electrons. The summed E-state index contributed by atoms with van der Waals surface area (Å²) < 4.78 is 7.58. The summed E-state index contributed by atoms with van der Waals surface area (Å²) >= 11 is 0. The van der Waals surface area contributed by atoms with E-state index in [0.29, 0.717) is 37.0 Å². The molecule has 38 heavy (non-hydrogen) atoms. The number of nitrogens with zero attached hydrogens (tertiary/aromatic N) is 4. The van der Waals surface area contributed by atoms with Crippen molar-refractivity contribution >= 4 is 22.4 Å². The first-order valence-electron chi connectivity index (χ1n) is 12.4. The minimum Gasteiger partial charge on any atom is -0.487 e. The van der Waals surface area contributed by atoms with Gasteiger partial charge < -0.3 is 20.4 Å². The molecule has 192 valence electrons. The second-order valence-corrected chi connectivity index (χ2v) is 9.45. The molecule has 0 amide bonds. The van der Waals surface area contributed by atoms with E-state index in [2.05, 4.69) is 40.4 Å². The third-order valence-electron chi connectivity index (χ3n) is 6.82. The summed E-state index contributed by atoms with van der Waals surface area (Å²) in [6, 6.07) is 17.8. The summed E-state index contributed by atoms with van der Waals surface area (Å²) in [5.41, 5.74) is 12.5. The van der Waals surface area contributed by atoms with Gasteiger partial charge in [-0.1, -0.05) is 30.3 Å². The maximum Gasteiger partial charge on any atom is 0.253 e. The first-order valence-corrected chi connectivity index (χ1v) is 12.4. The molecule has 8 nitrogen and oxygen atoms in total. The topological polar surface area (TPSA) is 108 Å². The Hall–Kier alpha value is -4.72. The molecule has 3 aromatic heterocycles. The molecular weight excluding hydrogens is 476 g/mol. The number of nitrogens with two attached hydrogens (primary N) is 1. The Kier molecular flexibility index (Phi) is 7.04. The highest BCUT2D eigenvalue weighted by Gasteiger charge is 2.11. The van der Waals surface area contributed by atoms with Crippen molar-refractivity contribution in [3.63, 3.8) is 0 Å². The minimum absolute atomic E-state index is 0.0300. The van der Waals surface area contributed by atoms with E-state index in [1.165, 1.54) is 5.56 Å². The van der Waals surface area contributed by atoms with Crippen LogP contribution in [0.4, 0.5) is 11.6 Å². The number of anilines is 2. The van der Waals surface area contributed by atoms with Crippen LogP contribution in [0.15, 0.2) is 78.0 Å². The maximum absolute atomic E-state index is 12.3. The van der Waals surface area contributed by atoms with E-state index >= 15 is 0 Å². The van der Waals surface area contributed by atoms with E-state index in [4.69, 9.17) is 10.5 Å². The normalized spacial score (nSPS) is 11.0. The van der Waals surface area contributed by atoms with Crippen molar-refractivity contribution < 1.29 is 4.74 Å². The van der Waals surface area contributed by atoms with Crippen LogP contribution in [0.5, 0.6) is 5.75 Å². The summed E-state index contributed by atoms with van der Waals surface area (Å²) in [5.74, 6) is 1.81.